The Hall–Kier alpha value is -1.39. The minimum Gasteiger partial charge on any atom is -0.475 e. The molecule has 4 fully saturated rings. The van der Waals surface area contributed by atoms with Gasteiger partial charge < -0.3 is 19.5 Å². The third-order valence-corrected chi connectivity index (χ3v) is 6.23. The number of carbonyl (C=O) groups is 2. The molecule has 0 spiro atoms. The Kier molecular flexibility index (Phi) is 7.39. The Balaban J connectivity index is 0.000000298. The largest absolute Gasteiger partial charge is 0.490 e. The summed E-state index contributed by atoms with van der Waals surface area (Å²) in [4.78, 5) is 26.0. The van der Waals surface area contributed by atoms with Gasteiger partial charge in [-0.2, -0.15) is 13.2 Å². The molecule has 0 aliphatic carbocycles. The first-order valence-corrected chi connectivity index (χ1v) is 10.3. The van der Waals surface area contributed by atoms with Crippen LogP contribution in [-0.4, -0.2) is 90.6 Å². The number of aliphatic carboxylic acids is 1. The summed E-state index contributed by atoms with van der Waals surface area (Å²) in [5.41, 5.74) is 0. The first-order chi connectivity index (χ1) is 13.8. The van der Waals surface area contributed by atoms with Crippen molar-refractivity contribution >= 4 is 11.9 Å². The summed E-state index contributed by atoms with van der Waals surface area (Å²) in [7, 11) is 0. The number of rotatable bonds is 2. The molecule has 29 heavy (non-hydrogen) atoms. The van der Waals surface area contributed by atoms with Crippen molar-refractivity contribution in [3.05, 3.63) is 0 Å². The lowest BCUT2D eigenvalue weighted by Gasteiger charge is -2.40. The molecule has 4 rings (SSSR count). The lowest BCUT2D eigenvalue weighted by Crippen LogP contribution is -2.49. The zero-order chi connectivity index (χ0) is 21.0. The van der Waals surface area contributed by atoms with Crippen LogP contribution < -0.4 is 0 Å². The summed E-state index contributed by atoms with van der Waals surface area (Å²) in [6.45, 7) is 5.84. The molecule has 0 unspecified atom stereocenters. The Bertz CT molecular complexity index is 577. The number of alkyl halides is 3. The van der Waals surface area contributed by atoms with Crippen LogP contribution in [-0.2, 0) is 19.1 Å². The van der Waals surface area contributed by atoms with Gasteiger partial charge in [-0.3, -0.25) is 9.69 Å². The monoisotopic (exact) mass is 422 g/mol. The predicted molar refractivity (Wildman–Crippen MR) is 96.3 cm³/mol. The van der Waals surface area contributed by atoms with Crippen molar-refractivity contribution in [2.45, 2.75) is 63.0 Å². The van der Waals surface area contributed by atoms with Gasteiger partial charge in [0, 0.05) is 38.9 Å². The van der Waals surface area contributed by atoms with E-state index in [4.69, 9.17) is 19.4 Å². The van der Waals surface area contributed by atoms with E-state index < -0.39 is 12.1 Å². The van der Waals surface area contributed by atoms with E-state index in [0.717, 1.165) is 65.0 Å². The van der Waals surface area contributed by atoms with E-state index in [-0.39, 0.29) is 18.1 Å². The fraction of sp³-hybridized carbons (Fsp3) is 0.895. The average molecular weight is 422 g/mol. The molecule has 0 bridgehead atoms. The molecule has 4 heterocycles. The number of piperidine rings is 1. The number of carboxylic acid groups (broad SMARTS) is 1. The van der Waals surface area contributed by atoms with Crippen molar-refractivity contribution in [3.63, 3.8) is 0 Å². The maximum Gasteiger partial charge on any atom is 0.490 e. The summed E-state index contributed by atoms with van der Waals surface area (Å²) in [5.74, 6) is -1.91. The van der Waals surface area contributed by atoms with Gasteiger partial charge in [-0.15, -0.1) is 0 Å². The number of hydrogen-bond acceptors (Lipinski definition) is 5. The molecule has 4 saturated heterocycles. The van der Waals surface area contributed by atoms with Gasteiger partial charge in [-0.1, -0.05) is 0 Å². The van der Waals surface area contributed by atoms with Gasteiger partial charge in [-0.05, 0) is 51.0 Å². The minimum atomic E-state index is -5.08. The number of amides is 1. The summed E-state index contributed by atoms with van der Waals surface area (Å²) in [6, 6.07) is 0.659. The topological polar surface area (TPSA) is 79.3 Å². The van der Waals surface area contributed by atoms with Crippen molar-refractivity contribution in [3.8, 4) is 0 Å². The van der Waals surface area contributed by atoms with Crippen LogP contribution >= 0.6 is 0 Å². The minimum absolute atomic E-state index is 0.164. The zero-order valence-electron chi connectivity index (χ0n) is 16.4. The lowest BCUT2D eigenvalue weighted by molar-refractivity contribution is -0.192. The maximum atomic E-state index is 12.5. The van der Waals surface area contributed by atoms with E-state index in [1.807, 2.05) is 4.90 Å². The van der Waals surface area contributed by atoms with Gasteiger partial charge in [0.15, 0.2) is 0 Å². The standard InChI is InChI=1S/C17H28N2O3.C2HF3O2/c20-17(18-6-1-2-7-18)15-11-13-3-8-19(12-16(13)22-15)14-4-9-21-10-5-14;3-2(4,5)1(6)7/h13-16H,1-12H2;(H,6,7)/t13-,15-,16-;/m0./s1. The number of carboxylic acids is 1. The lowest BCUT2D eigenvalue weighted by atomic mass is 9.90. The van der Waals surface area contributed by atoms with Gasteiger partial charge in [0.2, 0.25) is 0 Å². The fourth-order valence-electron chi connectivity index (χ4n) is 4.64. The summed E-state index contributed by atoms with van der Waals surface area (Å²) >= 11 is 0. The summed E-state index contributed by atoms with van der Waals surface area (Å²) in [6.07, 6.45) is 1.76. The Morgan fingerprint density at radius 1 is 1.00 bits per heavy atom. The first kappa shape index (κ1) is 22.3. The van der Waals surface area contributed by atoms with E-state index in [9.17, 15) is 18.0 Å². The molecule has 4 aliphatic rings. The maximum absolute atomic E-state index is 12.5. The number of hydrogen-bond donors (Lipinski definition) is 1. The normalized spacial score (nSPS) is 31.1. The molecule has 10 heteroatoms. The molecule has 1 amide bonds. The van der Waals surface area contributed by atoms with E-state index in [1.165, 1.54) is 13.0 Å². The van der Waals surface area contributed by atoms with Crippen LogP contribution in [0.25, 0.3) is 0 Å². The second-order valence-electron chi connectivity index (χ2n) is 8.12. The molecule has 3 atom stereocenters. The molecule has 0 radical (unpaired) electrons. The highest BCUT2D eigenvalue weighted by molar-refractivity contribution is 5.81. The van der Waals surface area contributed by atoms with Gasteiger partial charge in [0.25, 0.3) is 5.91 Å². The number of nitrogens with zero attached hydrogens (tertiary/aromatic N) is 2. The molecular weight excluding hydrogens is 393 g/mol. The summed E-state index contributed by atoms with van der Waals surface area (Å²) in [5, 5.41) is 7.12. The van der Waals surface area contributed by atoms with E-state index in [1.54, 1.807) is 0 Å². The van der Waals surface area contributed by atoms with Crippen molar-refractivity contribution in [2.75, 3.05) is 39.4 Å². The van der Waals surface area contributed by atoms with Gasteiger partial charge in [-0.25, -0.2) is 4.79 Å². The Morgan fingerprint density at radius 2 is 1.62 bits per heavy atom. The van der Waals surface area contributed by atoms with Crippen molar-refractivity contribution in [1.82, 2.24) is 9.80 Å². The third-order valence-electron chi connectivity index (χ3n) is 6.23. The highest BCUT2D eigenvalue weighted by atomic mass is 19.4. The SMILES string of the molecule is O=C(O)C(F)(F)F.O=C([C@@H]1C[C@@H]2CCN(C3CCOCC3)C[C@@H]2O1)N1CCCC1. The van der Waals surface area contributed by atoms with E-state index in [2.05, 4.69) is 4.90 Å². The third kappa shape index (κ3) is 5.82. The highest BCUT2D eigenvalue weighted by Gasteiger charge is 2.44. The average Bonchev–Trinajstić information content (AvgIpc) is 3.37. The molecule has 0 aromatic heterocycles. The van der Waals surface area contributed by atoms with Crippen LogP contribution in [0, 0.1) is 5.92 Å². The molecule has 0 aromatic carbocycles. The van der Waals surface area contributed by atoms with E-state index >= 15 is 0 Å². The first-order valence-electron chi connectivity index (χ1n) is 10.3. The second kappa shape index (κ2) is 9.61. The number of carbonyl (C=O) groups excluding carboxylic acids is 1. The van der Waals surface area contributed by atoms with Crippen LogP contribution in [0.1, 0.15) is 38.5 Å². The van der Waals surface area contributed by atoms with E-state index in [0.29, 0.717) is 12.0 Å². The Labute approximate surface area is 168 Å². The van der Waals surface area contributed by atoms with Crippen LogP contribution in [0.2, 0.25) is 0 Å². The number of halogens is 3. The number of likely N-dealkylation sites (tertiary alicyclic amines) is 2. The highest BCUT2D eigenvalue weighted by Crippen LogP contribution is 2.35. The molecular formula is C19H29F3N2O5. The van der Waals surface area contributed by atoms with Crippen LogP contribution in [0.3, 0.4) is 0 Å². The fourth-order valence-corrected chi connectivity index (χ4v) is 4.64. The van der Waals surface area contributed by atoms with Crippen LogP contribution in [0.4, 0.5) is 13.2 Å². The van der Waals surface area contributed by atoms with Crippen LogP contribution in [0.15, 0.2) is 0 Å². The van der Waals surface area contributed by atoms with Gasteiger partial charge >= 0.3 is 12.1 Å². The smallest absolute Gasteiger partial charge is 0.475 e. The Morgan fingerprint density at radius 3 is 2.21 bits per heavy atom. The molecule has 0 aromatic rings. The molecule has 0 saturated carbocycles. The van der Waals surface area contributed by atoms with Gasteiger partial charge in [0.05, 0.1) is 6.10 Å². The summed E-state index contributed by atoms with van der Waals surface area (Å²) < 4.78 is 43.4. The molecule has 4 aliphatic heterocycles. The molecule has 7 nitrogen and oxygen atoms in total. The number of fused-ring (bicyclic) bond motifs is 1. The van der Waals surface area contributed by atoms with Crippen LogP contribution in [0.5, 0.6) is 0 Å². The second-order valence-corrected chi connectivity index (χ2v) is 8.12. The predicted octanol–water partition coefficient (Wildman–Crippen LogP) is 1.90. The molecule has 166 valence electrons. The van der Waals surface area contributed by atoms with Gasteiger partial charge in [0.1, 0.15) is 6.10 Å². The quantitative estimate of drug-likeness (QED) is 0.732. The molecule has 1 N–H and O–H groups in total. The van der Waals surface area contributed by atoms with Crippen molar-refractivity contribution < 1.29 is 37.3 Å². The van der Waals surface area contributed by atoms with Crippen molar-refractivity contribution in [2.24, 2.45) is 5.92 Å². The number of ether oxygens (including phenoxy) is 2. The zero-order valence-corrected chi connectivity index (χ0v) is 16.4. The van der Waals surface area contributed by atoms with Crippen molar-refractivity contribution in [1.29, 1.82) is 0 Å².